The molecule has 1 unspecified atom stereocenters. The molecular weight excluding hydrogens is 370 g/mol. The highest BCUT2D eigenvalue weighted by Gasteiger charge is 2.14. The van der Waals surface area contributed by atoms with E-state index in [-0.39, 0.29) is 17.6 Å². The molecule has 2 N–H and O–H groups in total. The van der Waals surface area contributed by atoms with Crippen LogP contribution in [0.1, 0.15) is 18.5 Å². The van der Waals surface area contributed by atoms with Crippen LogP contribution in [-0.4, -0.2) is 38.8 Å². The number of hydrogen-bond donors (Lipinski definition) is 2. The number of urea groups is 1. The van der Waals surface area contributed by atoms with Crippen molar-refractivity contribution in [1.29, 1.82) is 0 Å². The summed E-state index contributed by atoms with van der Waals surface area (Å²) in [5, 5.41) is 9.39. The molecule has 28 heavy (non-hydrogen) atoms. The maximum absolute atomic E-state index is 12.3. The van der Waals surface area contributed by atoms with Crippen molar-refractivity contribution in [3.8, 4) is 11.6 Å². The maximum Gasteiger partial charge on any atom is 0.319 e. The van der Waals surface area contributed by atoms with Gasteiger partial charge in [-0.2, -0.15) is 5.10 Å². The zero-order valence-electron chi connectivity index (χ0n) is 14.9. The molecule has 0 aliphatic heterocycles. The number of hydrogen-bond acceptors (Lipinski definition) is 5. The van der Waals surface area contributed by atoms with E-state index >= 15 is 0 Å². The Morgan fingerprint density at radius 3 is 2.71 bits per heavy atom. The topological polar surface area (TPSA) is 94.0 Å². The zero-order chi connectivity index (χ0) is 19.9. The Balaban J connectivity index is 1.60. The quantitative estimate of drug-likeness (QED) is 0.648. The lowest BCUT2D eigenvalue weighted by Crippen LogP contribution is -2.31. The number of nitrogens with zero attached hydrogens (tertiary/aromatic N) is 4. The van der Waals surface area contributed by atoms with E-state index in [0.717, 1.165) is 11.3 Å². The Hall–Kier alpha value is -3.56. The summed E-state index contributed by atoms with van der Waals surface area (Å²) in [4.78, 5) is 20.0. The molecule has 0 saturated heterocycles. The number of benzene rings is 1. The van der Waals surface area contributed by atoms with Gasteiger partial charge in [0.1, 0.15) is 18.3 Å². The van der Waals surface area contributed by atoms with Gasteiger partial charge in [-0.25, -0.2) is 28.2 Å². The lowest BCUT2D eigenvalue weighted by atomic mass is 10.1. The van der Waals surface area contributed by atoms with Gasteiger partial charge in [-0.3, -0.25) is 0 Å². The molecule has 146 valence electrons. The number of anilines is 1. The number of rotatable bonds is 7. The average Bonchev–Trinajstić information content (AvgIpc) is 3.22. The van der Waals surface area contributed by atoms with Gasteiger partial charge in [0.25, 0.3) is 6.43 Å². The average molecular weight is 388 g/mol. The number of halogens is 2. The molecule has 8 nitrogen and oxygen atoms in total. The summed E-state index contributed by atoms with van der Waals surface area (Å²) < 4.78 is 31.2. The molecule has 3 rings (SSSR count). The van der Waals surface area contributed by atoms with E-state index in [2.05, 4.69) is 25.7 Å². The third kappa shape index (κ3) is 5.00. The molecule has 0 bridgehead atoms. The van der Waals surface area contributed by atoms with Crippen LogP contribution in [0.5, 0.6) is 5.88 Å². The van der Waals surface area contributed by atoms with Crippen LogP contribution in [0.4, 0.5) is 19.3 Å². The van der Waals surface area contributed by atoms with Crippen LogP contribution in [0.25, 0.3) is 5.69 Å². The number of ether oxygens (including phenoxy) is 1. The normalized spacial score (nSPS) is 11.9. The molecule has 0 spiro atoms. The van der Waals surface area contributed by atoms with Crippen molar-refractivity contribution >= 4 is 11.7 Å². The minimum atomic E-state index is -2.64. The number of alkyl halides is 2. The molecule has 2 aromatic heterocycles. The number of carbonyl (C=O) groups excluding carboxylic acids is 1. The molecule has 0 aliphatic carbocycles. The highest BCUT2D eigenvalue weighted by Crippen LogP contribution is 2.21. The number of carbonyl (C=O) groups is 1. The smallest absolute Gasteiger partial charge is 0.319 e. The third-order valence-electron chi connectivity index (χ3n) is 3.79. The summed E-state index contributed by atoms with van der Waals surface area (Å²) in [5.41, 5.74) is 1.92. The first-order valence-corrected chi connectivity index (χ1v) is 8.41. The molecule has 10 heteroatoms. The predicted octanol–water partition coefficient (Wildman–Crippen LogP) is 3.19. The minimum Gasteiger partial charge on any atom is -0.470 e. The molecule has 0 saturated carbocycles. The predicted molar refractivity (Wildman–Crippen MR) is 97.7 cm³/mol. The standard InChI is InChI=1S/C18H18F2N6O2/c1-12(13-4-6-14(7-5-13)26-11-21-10-23-26)24-18(27)25-15-3-2-8-22-17(15)28-9-16(19)20/h2-8,10-12,16H,9H2,1H3,(H2,24,25,27). The Morgan fingerprint density at radius 1 is 1.25 bits per heavy atom. The van der Waals surface area contributed by atoms with Crippen LogP contribution in [0.2, 0.25) is 0 Å². The molecule has 3 aromatic rings. The molecule has 0 radical (unpaired) electrons. The summed E-state index contributed by atoms with van der Waals surface area (Å²) in [6.45, 7) is 1.02. The molecule has 2 heterocycles. The Bertz CT molecular complexity index is 903. The molecule has 1 atom stereocenters. The second-order valence-electron chi connectivity index (χ2n) is 5.81. The van der Waals surface area contributed by atoms with Crippen molar-refractivity contribution in [3.63, 3.8) is 0 Å². The van der Waals surface area contributed by atoms with Gasteiger partial charge in [0.2, 0.25) is 5.88 Å². The fourth-order valence-corrected chi connectivity index (χ4v) is 2.44. The van der Waals surface area contributed by atoms with Gasteiger partial charge in [0.05, 0.1) is 11.7 Å². The summed E-state index contributed by atoms with van der Waals surface area (Å²) in [6, 6.07) is 9.72. The van der Waals surface area contributed by atoms with Crippen molar-refractivity contribution in [2.45, 2.75) is 19.4 Å². The summed E-state index contributed by atoms with van der Waals surface area (Å²) >= 11 is 0. The second-order valence-corrected chi connectivity index (χ2v) is 5.81. The third-order valence-corrected chi connectivity index (χ3v) is 3.79. The van der Waals surface area contributed by atoms with Gasteiger partial charge in [-0.15, -0.1) is 0 Å². The van der Waals surface area contributed by atoms with Crippen molar-refractivity contribution in [2.75, 3.05) is 11.9 Å². The lowest BCUT2D eigenvalue weighted by Gasteiger charge is -2.16. The minimum absolute atomic E-state index is 0.0669. The van der Waals surface area contributed by atoms with Crippen molar-refractivity contribution < 1.29 is 18.3 Å². The van der Waals surface area contributed by atoms with Gasteiger partial charge in [-0.1, -0.05) is 12.1 Å². The number of amides is 2. The lowest BCUT2D eigenvalue weighted by molar-refractivity contribution is 0.0800. The van der Waals surface area contributed by atoms with Crippen molar-refractivity contribution in [3.05, 3.63) is 60.8 Å². The SMILES string of the molecule is CC(NC(=O)Nc1cccnc1OCC(F)F)c1ccc(-n2cncn2)cc1. The van der Waals surface area contributed by atoms with E-state index in [1.807, 2.05) is 31.2 Å². The molecule has 2 amide bonds. The van der Waals surface area contributed by atoms with Crippen molar-refractivity contribution in [1.82, 2.24) is 25.1 Å². The van der Waals surface area contributed by atoms with Gasteiger partial charge >= 0.3 is 6.03 Å². The monoisotopic (exact) mass is 388 g/mol. The number of nitrogens with one attached hydrogen (secondary N) is 2. The molecular formula is C18H18F2N6O2. The first-order valence-electron chi connectivity index (χ1n) is 8.41. The Labute approximate surface area is 159 Å². The first kappa shape index (κ1) is 19.2. The summed E-state index contributed by atoms with van der Waals surface area (Å²) in [7, 11) is 0. The van der Waals surface area contributed by atoms with Crippen LogP contribution in [-0.2, 0) is 0 Å². The van der Waals surface area contributed by atoms with Gasteiger partial charge < -0.3 is 15.4 Å². The summed E-state index contributed by atoms with van der Waals surface area (Å²) in [5.74, 6) is -0.0669. The molecule has 0 aliphatic rings. The van der Waals surface area contributed by atoms with Gasteiger partial charge in [-0.05, 0) is 36.8 Å². The highest BCUT2D eigenvalue weighted by atomic mass is 19.3. The van der Waals surface area contributed by atoms with Crippen LogP contribution >= 0.6 is 0 Å². The van der Waals surface area contributed by atoms with E-state index in [4.69, 9.17) is 4.74 Å². The fraction of sp³-hybridized carbons (Fsp3) is 0.222. The Morgan fingerprint density at radius 2 is 2.04 bits per heavy atom. The number of pyridine rings is 1. The van der Waals surface area contributed by atoms with Gasteiger partial charge in [0, 0.05) is 6.20 Å². The van der Waals surface area contributed by atoms with E-state index in [1.54, 1.807) is 17.1 Å². The van der Waals surface area contributed by atoms with Crippen LogP contribution in [0.3, 0.4) is 0 Å². The maximum atomic E-state index is 12.3. The van der Waals surface area contributed by atoms with Crippen LogP contribution in [0.15, 0.2) is 55.2 Å². The van der Waals surface area contributed by atoms with Crippen LogP contribution < -0.4 is 15.4 Å². The molecule has 0 fully saturated rings. The molecule has 1 aromatic carbocycles. The second kappa shape index (κ2) is 8.89. The van der Waals surface area contributed by atoms with E-state index in [0.29, 0.717) is 0 Å². The first-order chi connectivity index (χ1) is 13.5. The largest absolute Gasteiger partial charge is 0.470 e. The Kier molecular flexibility index (Phi) is 6.10. The summed E-state index contributed by atoms with van der Waals surface area (Å²) in [6.07, 6.45) is 1.79. The fourth-order valence-electron chi connectivity index (χ4n) is 2.44. The highest BCUT2D eigenvalue weighted by molar-refractivity contribution is 5.90. The zero-order valence-corrected chi connectivity index (χ0v) is 14.9. The van der Waals surface area contributed by atoms with Crippen molar-refractivity contribution in [2.24, 2.45) is 0 Å². The van der Waals surface area contributed by atoms with E-state index in [9.17, 15) is 13.6 Å². The number of aromatic nitrogens is 4. The van der Waals surface area contributed by atoms with Crippen LogP contribution in [0, 0.1) is 0 Å². The van der Waals surface area contributed by atoms with E-state index in [1.165, 1.54) is 18.6 Å². The van der Waals surface area contributed by atoms with Gasteiger partial charge in [0.15, 0.2) is 6.61 Å². The van der Waals surface area contributed by atoms with E-state index < -0.39 is 19.1 Å².